The van der Waals surface area contributed by atoms with Gasteiger partial charge in [-0.05, 0) is 37.0 Å². The van der Waals surface area contributed by atoms with Crippen molar-refractivity contribution in [3.63, 3.8) is 0 Å². The lowest BCUT2D eigenvalue weighted by Gasteiger charge is -2.29. The molecular weight excluding hydrogens is 412 g/mol. The minimum Gasteiger partial charge on any atom is -0.486 e. The minimum absolute atomic E-state index is 0.138. The number of ether oxygens (including phenoxy) is 2. The van der Waals surface area contributed by atoms with Crippen molar-refractivity contribution in [3.8, 4) is 11.5 Å². The van der Waals surface area contributed by atoms with Gasteiger partial charge in [-0.25, -0.2) is 8.78 Å². The van der Waals surface area contributed by atoms with Gasteiger partial charge < -0.3 is 14.8 Å². The Bertz CT molecular complexity index is 696. The molecule has 0 aromatic heterocycles. The van der Waals surface area contributed by atoms with E-state index < -0.39 is 17.9 Å². The van der Waals surface area contributed by atoms with Gasteiger partial charge >= 0.3 is 0 Å². The summed E-state index contributed by atoms with van der Waals surface area (Å²) in [5, 5.41) is 2.91. The first-order chi connectivity index (χ1) is 15.4. The quantitative estimate of drug-likeness (QED) is 0.301. The van der Waals surface area contributed by atoms with Crippen LogP contribution in [0.15, 0.2) is 18.2 Å². The van der Waals surface area contributed by atoms with E-state index in [0.29, 0.717) is 44.0 Å². The summed E-state index contributed by atoms with van der Waals surface area (Å²) in [7, 11) is 0. The standard InChI is InChI=1S/C26H41F2NO3/c1-4-6-8-9-10-12-25(30)29-22(19-26(27,28)20(3)11-7-5-2)17-21-13-14-23-24(18-21)32-16-15-31-23/h13-14,18,20,22H,4-12,15-17,19H2,1-3H3,(H,29,30). The van der Waals surface area contributed by atoms with Crippen LogP contribution in [-0.2, 0) is 11.2 Å². The van der Waals surface area contributed by atoms with E-state index in [-0.39, 0.29) is 12.3 Å². The number of hydrogen-bond donors (Lipinski definition) is 1. The Balaban J connectivity index is 2.03. The van der Waals surface area contributed by atoms with Crippen molar-refractivity contribution in [2.24, 2.45) is 5.92 Å². The first-order valence-corrected chi connectivity index (χ1v) is 12.4. The van der Waals surface area contributed by atoms with Crippen LogP contribution >= 0.6 is 0 Å². The summed E-state index contributed by atoms with van der Waals surface area (Å²) in [4.78, 5) is 12.5. The van der Waals surface area contributed by atoms with Gasteiger partial charge in [-0.15, -0.1) is 0 Å². The zero-order chi connectivity index (χ0) is 23.4. The number of rotatable bonds is 15. The molecule has 2 unspecified atom stereocenters. The van der Waals surface area contributed by atoms with Gasteiger partial charge in [0.1, 0.15) is 13.2 Å². The number of carbonyl (C=O) groups is 1. The fourth-order valence-corrected chi connectivity index (χ4v) is 4.11. The van der Waals surface area contributed by atoms with Gasteiger partial charge in [-0.3, -0.25) is 4.79 Å². The predicted octanol–water partition coefficient (Wildman–Crippen LogP) is 6.70. The van der Waals surface area contributed by atoms with Crippen LogP contribution in [0.25, 0.3) is 0 Å². The number of nitrogens with one attached hydrogen (secondary N) is 1. The Morgan fingerprint density at radius 1 is 1.03 bits per heavy atom. The van der Waals surface area contributed by atoms with Crippen LogP contribution < -0.4 is 14.8 Å². The highest BCUT2D eigenvalue weighted by atomic mass is 19.3. The van der Waals surface area contributed by atoms with Crippen LogP contribution in [0.3, 0.4) is 0 Å². The Hall–Kier alpha value is -1.85. The van der Waals surface area contributed by atoms with Crippen molar-refractivity contribution in [2.45, 2.75) is 103 Å². The molecule has 1 heterocycles. The van der Waals surface area contributed by atoms with E-state index in [2.05, 4.69) is 12.2 Å². The molecule has 4 nitrogen and oxygen atoms in total. The number of amides is 1. The van der Waals surface area contributed by atoms with E-state index in [4.69, 9.17) is 9.47 Å². The van der Waals surface area contributed by atoms with Crippen LogP contribution in [0.5, 0.6) is 11.5 Å². The van der Waals surface area contributed by atoms with E-state index in [1.165, 1.54) is 0 Å². The zero-order valence-electron chi connectivity index (χ0n) is 20.1. The van der Waals surface area contributed by atoms with E-state index >= 15 is 8.78 Å². The molecule has 1 aromatic rings. The predicted molar refractivity (Wildman–Crippen MR) is 125 cm³/mol. The molecule has 2 atom stereocenters. The fourth-order valence-electron chi connectivity index (χ4n) is 4.11. The Kier molecular flexibility index (Phi) is 11.3. The van der Waals surface area contributed by atoms with Crippen molar-refractivity contribution in [1.82, 2.24) is 5.32 Å². The molecule has 0 bridgehead atoms. The topological polar surface area (TPSA) is 47.6 Å². The molecule has 1 aromatic carbocycles. The summed E-state index contributed by atoms with van der Waals surface area (Å²) in [6, 6.07) is 4.91. The van der Waals surface area contributed by atoms with Gasteiger partial charge in [-0.1, -0.05) is 65.4 Å². The van der Waals surface area contributed by atoms with Crippen LogP contribution in [0.1, 0.15) is 90.5 Å². The number of fused-ring (bicyclic) bond motifs is 1. The lowest BCUT2D eigenvalue weighted by atomic mass is 9.90. The van der Waals surface area contributed by atoms with Gasteiger partial charge in [0.15, 0.2) is 11.5 Å². The summed E-state index contributed by atoms with van der Waals surface area (Å²) in [6.45, 7) is 6.76. The number of carbonyl (C=O) groups excluding carboxylic acids is 1. The molecule has 182 valence electrons. The van der Waals surface area contributed by atoms with Crippen molar-refractivity contribution in [3.05, 3.63) is 23.8 Å². The highest BCUT2D eigenvalue weighted by Crippen LogP contribution is 2.35. The Labute approximate surface area is 192 Å². The molecule has 1 N–H and O–H groups in total. The summed E-state index contributed by atoms with van der Waals surface area (Å²) in [6.07, 6.45) is 7.77. The first kappa shape index (κ1) is 26.4. The summed E-state index contributed by atoms with van der Waals surface area (Å²) >= 11 is 0. The van der Waals surface area contributed by atoms with Gasteiger partial charge in [0, 0.05) is 24.8 Å². The molecule has 0 aliphatic carbocycles. The second-order valence-corrected chi connectivity index (χ2v) is 9.12. The maximum atomic E-state index is 15.0. The van der Waals surface area contributed by atoms with Crippen molar-refractivity contribution in [1.29, 1.82) is 0 Å². The molecule has 1 aliphatic rings. The molecule has 2 rings (SSSR count). The van der Waals surface area contributed by atoms with Gasteiger partial charge in [-0.2, -0.15) is 0 Å². The third-order valence-electron chi connectivity index (χ3n) is 6.19. The molecule has 32 heavy (non-hydrogen) atoms. The largest absolute Gasteiger partial charge is 0.486 e. The number of benzene rings is 1. The van der Waals surface area contributed by atoms with E-state index in [9.17, 15) is 4.79 Å². The number of unbranched alkanes of at least 4 members (excludes halogenated alkanes) is 5. The zero-order valence-corrected chi connectivity index (χ0v) is 20.1. The Morgan fingerprint density at radius 3 is 2.44 bits per heavy atom. The van der Waals surface area contributed by atoms with Crippen LogP contribution in [0.4, 0.5) is 8.78 Å². The third-order valence-corrected chi connectivity index (χ3v) is 6.19. The number of hydrogen-bond acceptors (Lipinski definition) is 3. The average Bonchev–Trinajstić information content (AvgIpc) is 2.76. The SMILES string of the molecule is CCCCCCCC(=O)NC(Cc1ccc2c(c1)OCCO2)CC(F)(F)C(C)CCCC. The molecule has 1 aliphatic heterocycles. The van der Waals surface area contributed by atoms with Crippen LogP contribution in [0.2, 0.25) is 0 Å². The maximum absolute atomic E-state index is 15.0. The lowest BCUT2D eigenvalue weighted by molar-refractivity contribution is -0.123. The minimum atomic E-state index is -2.83. The van der Waals surface area contributed by atoms with Crippen molar-refractivity contribution in [2.75, 3.05) is 13.2 Å². The number of halogens is 2. The molecule has 0 fully saturated rings. The van der Waals surface area contributed by atoms with Gasteiger partial charge in [0.05, 0.1) is 0 Å². The lowest BCUT2D eigenvalue weighted by Crippen LogP contribution is -2.42. The van der Waals surface area contributed by atoms with Crippen molar-refractivity contribution < 1.29 is 23.0 Å². The molecule has 0 saturated carbocycles. The highest BCUT2D eigenvalue weighted by Gasteiger charge is 2.38. The second-order valence-electron chi connectivity index (χ2n) is 9.12. The maximum Gasteiger partial charge on any atom is 0.252 e. The monoisotopic (exact) mass is 453 g/mol. The van der Waals surface area contributed by atoms with E-state index in [0.717, 1.165) is 50.5 Å². The summed E-state index contributed by atoms with van der Waals surface area (Å²) in [5.41, 5.74) is 0.861. The number of alkyl halides is 2. The Morgan fingerprint density at radius 2 is 1.72 bits per heavy atom. The molecular formula is C26H41F2NO3. The van der Waals surface area contributed by atoms with Crippen LogP contribution in [-0.4, -0.2) is 31.1 Å². The highest BCUT2D eigenvalue weighted by molar-refractivity contribution is 5.76. The van der Waals surface area contributed by atoms with Crippen molar-refractivity contribution >= 4 is 5.91 Å². The molecule has 1 amide bonds. The van der Waals surface area contributed by atoms with Gasteiger partial charge in [0.2, 0.25) is 5.91 Å². The molecule has 0 spiro atoms. The second kappa shape index (κ2) is 13.6. The normalized spacial score (nSPS) is 15.3. The fraction of sp³-hybridized carbons (Fsp3) is 0.731. The van der Waals surface area contributed by atoms with Crippen LogP contribution in [0, 0.1) is 5.92 Å². The first-order valence-electron chi connectivity index (χ1n) is 12.4. The van der Waals surface area contributed by atoms with E-state index in [1.807, 2.05) is 25.1 Å². The summed E-state index contributed by atoms with van der Waals surface area (Å²) in [5.74, 6) is -2.37. The molecule has 0 saturated heterocycles. The summed E-state index contributed by atoms with van der Waals surface area (Å²) < 4.78 is 41.2. The molecule has 6 heteroatoms. The van der Waals surface area contributed by atoms with Gasteiger partial charge in [0.25, 0.3) is 5.92 Å². The van der Waals surface area contributed by atoms with E-state index in [1.54, 1.807) is 6.92 Å². The average molecular weight is 454 g/mol. The smallest absolute Gasteiger partial charge is 0.252 e. The third kappa shape index (κ3) is 8.95. The molecule has 0 radical (unpaired) electrons.